The summed E-state index contributed by atoms with van der Waals surface area (Å²) < 4.78 is 12.6. The van der Waals surface area contributed by atoms with Crippen molar-refractivity contribution in [3.63, 3.8) is 0 Å². The van der Waals surface area contributed by atoms with Crippen LogP contribution in [0.5, 0.6) is 0 Å². The molecule has 1 fully saturated rings. The van der Waals surface area contributed by atoms with E-state index >= 15 is 0 Å². The van der Waals surface area contributed by atoms with Crippen LogP contribution in [0.1, 0.15) is 27.7 Å². The van der Waals surface area contributed by atoms with Gasteiger partial charge in [0.05, 0.1) is 22.4 Å². The van der Waals surface area contributed by atoms with Crippen LogP contribution >= 0.6 is 0 Å². The number of fused-ring (bicyclic) bond motifs is 4. The molecule has 0 N–H and O–H groups in total. The second kappa shape index (κ2) is 10.4. The number of rotatable bonds is 4. The highest BCUT2D eigenvalue weighted by atomic mass is 16.7. The molecule has 1 aromatic heterocycles. The Balaban J connectivity index is 1.20. The van der Waals surface area contributed by atoms with Crippen LogP contribution in [0.2, 0.25) is 0 Å². The lowest BCUT2D eigenvalue weighted by Gasteiger charge is -2.32. The van der Waals surface area contributed by atoms with Crippen LogP contribution in [-0.2, 0) is 9.31 Å². The summed E-state index contributed by atoms with van der Waals surface area (Å²) in [5, 5.41) is 5.72. The number of hydrogen-bond acceptors (Lipinski definition) is 4. The minimum absolute atomic E-state index is 0.373. The predicted molar refractivity (Wildman–Crippen MR) is 187 cm³/mol. The van der Waals surface area contributed by atoms with Crippen molar-refractivity contribution in [1.82, 2.24) is 9.97 Å². The molecule has 0 bridgehead atoms. The molecule has 1 aliphatic rings. The van der Waals surface area contributed by atoms with Crippen molar-refractivity contribution in [3.05, 3.63) is 127 Å². The molecule has 0 aliphatic carbocycles. The van der Waals surface area contributed by atoms with E-state index < -0.39 is 0 Å². The van der Waals surface area contributed by atoms with Gasteiger partial charge in [-0.1, -0.05) is 109 Å². The predicted octanol–water partition coefficient (Wildman–Crippen LogP) is 9.24. The van der Waals surface area contributed by atoms with Gasteiger partial charge in [-0.15, -0.1) is 0 Å². The molecule has 6 aromatic carbocycles. The fourth-order valence-electron chi connectivity index (χ4n) is 6.26. The third-order valence-corrected chi connectivity index (χ3v) is 9.49. The standard InChI is InChI=1S/C40H33BN2O2/c1-39(2)40(3,4)45-41(44-39)32-20-22-34-29(25-32)18-17-28-24-31(19-21-33(28)34)38-42-36-16-9-8-15-35(36)37(43-38)30-14-10-13-27(23-30)26-11-6-5-7-12-26/h5-25H,1-4H3. The van der Waals surface area contributed by atoms with Gasteiger partial charge in [0.1, 0.15) is 0 Å². The number of hydrogen-bond donors (Lipinski definition) is 0. The van der Waals surface area contributed by atoms with Crippen molar-refractivity contribution in [2.45, 2.75) is 38.9 Å². The second-order valence-electron chi connectivity index (χ2n) is 12.9. The maximum absolute atomic E-state index is 6.32. The third-order valence-electron chi connectivity index (χ3n) is 9.49. The molecule has 0 unspecified atom stereocenters. The molecule has 45 heavy (non-hydrogen) atoms. The maximum atomic E-state index is 6.32. The van der Waals surface area contributed by atoms with Gasteiger partial charge in [0.15, 0.2) is 5.82 Å². The van der Waals surface area contributed by atoms with E-state index in [0.29, 0.717) is 5.82 Å². The van der Waals surface area contributed by atoms with Crippen molar-refractivity contribution in [3.8, 4) is 33.8 Å². The SMILES string of the molecule is CC1(C)OB(c2ccc3c(ccc4cc(-c5nc(-c6cccc(-c7ccccc7)c6)c6ccccc6n5)ccc43)c2)OC1(C)C. The van der Waals surface area contributed by atoms with E-state index in [-0.39, 0.29) is 18.3 Å². The van der Waals surface area contributed by atoms with Crippen LogP contribution in [0, 0.1) is 0 Å². The van der Waals surface area contributed by atoms with E-state index in [1.807, 2.05) is 12.1 Å². The fourth-order valence-corrected chi connectivity index (χ4v) is 6.26. The number of benzene rings is 6. The van der Waals surface area contributed by atoms with Crippen LogP contribution in [0.15, 0.2) is 127 Å². The van der Waals surface area contributed by atoms with Crippen LogP contribution in [0.3, 0.4) is 0 Å². The summed E-state index contributed by atoms with van der Waals surface area (Å²) in [7, 11) is -0.384. The Morgan fingerprint density at radius 3 is 1.91 bits per heavy atom. The molecule has 1 saturated heterocycles. The average molecular weight is 585 g/mol. The Kier molecular flexibility index (Phi) is 6.38. The molecule has 0 atom stereocenters. The van der Waals surface area contributed by atoms with E-state index in [1.54, 1.807) is 0 Å². The second-order valence-corrected chi connectivity index (χ2v) is 12.9. The van der Waals surface area contributed by atoms with E-state index in [2.05, 4.69) is 143 Å². The van der Waals surface area contributed by atoms with Crippen molar-refractivity contribution in [1.29, 1.82) is 0 Å². The number of nitrogens with zero attached hydrogens (tertiary/aromatic N) is 2. The maximum Gasteiger partial charge on any atom is 0.494 e. The average Bonchev–Trinajstić information content (AvgIpc) is 3.30. The zero-order chi connectivity index (χ0) is 30.8. The molecular weight excluding hydrogens is 551 g/mol. The largest absolute Gasteiger partial charge is 0.494 e. The molecule has 0 amide bonds. The van der Waals surface area contributed by atoms with Gasteiger partial charge in [-0.2, -0.15) is 0 Å². The van der Waals surface area contributed by atoms with Gasteiger partial charge in [0, 0.05) is 16.5 Å². The molecule has 2 heterocycles. The van der Waals surface area contributed by atoms with E-state index in [9.17, 15) is 0 Å². The Bertz CT molecular complexity index is 2230. The highest BCUT2D eigenvalue weighted by Crippen LogP contribution is 2.37. The van der Waals surface area contributed by atoms with Crippen molar-refractivity contribution in [2.24, 2.45) is 0 Å². The molecule has 4 nitrogen and oxygen atoms in total. The molecule has 8 rings (SSSR count). The minimum atomic E-state index is -0.384. The van der Waals surface area contributed by atoms with E-state index in [4.69, 9.17) is 19.3 Å². The van der Waals surface area contributed by atoms with Crippen LogP contribution in [0.4, 0.5) is 0 Å². The smallest absolute Gasteiger partial charge is 0.399 e. The summed E-state index contributed by atoms with van der Waals surface area (Å²) in [4.78, 5) is 10.2. The van der Waals surface area contributed by atoms with Crippen LogP contribution < -0.4 is 5.46 Å². The molecule has 218 valence electrons. The van der Waals surface area contributed by atoms with Crippen molar-refractivity contribution >= 4 is 45.0 Å². The molecular formula is C40H33BN2O2. The van der Waals surface area contributed by atoms with Crippen LogP contribution in [0.25, 0.3) is 66.2 Å². The van der Waals surface area contributed by atoms with Gasteiger partial charge >= 0.3 is 7.12 Å². The topological polar surface area (TPSA) is 44.2 Å². The summed E-state index contributed by atoms with van der Waals surface area (Å²) in [5.74, 6) is 0.715. The zero-order valence-corrected chi connectivity index (χ0v) is 25.9. The lowest BCUT2D eigenvalue weighted by atomic mass is 9.78. The van der Waals surface area contributed by atoms with Gasteiger partial charge in [0.2, 0.25) is 0 Å². The van der Waals surface area contributed by atoms with Gasteiger partial charge < -0.3 is 9.31 Å². The lowest BCUT2D eigenvalue weighted by molar-refractivity contribution is 0.00578. The Morgan fingerprint density at radius 2 is 1.13 bits per heavy atom. The molecule has 5 heteroatoms. The molecule has 7 aromatic rings. The van der Waals surface area contributed by atoms with Crippen molar-refractivity contribution < 1.29 is 9.31 Å². The van der Waals surface area contributed by atoms with Crippen LogP contribution in [-0.4, -0.2) is 28.3 Å². The minimum Gasteiger partial charge on any atom is -0.399 e. The molecule has 1 aliphatic heterocycles. The Labute approximate surface area is 263 Å². The van der Waals surface area contributed by atoms with Gasteiger partial charge in [0.25, 0.3) is 0 Å². The first-order valence-corrected chi connectivity index (χ1v) is 15.5. The van der Waals surface area contributed by atoms with Crippen molar-refractivity contribution in [2.75, 3.05) is 0 Å². The first-order chi connectivity index (χ1) is 21.8. The molecule has 0 spiro atoms. The Morgan fingerprint density at radius 1 is 0.489 bits per heavy atom. The first-order valence-electron chi connectivity index (χ1n) is 15.5. The fraction of sp³-hybridized carbons (Fsp3) is 0.150. The van der Waals surface area contributed by atoms with Gasteiger partial charge in [-0.05, 0) is 84.0 Å². The lowest BCUT2D eigenvalue weighted by Crippen LogP contribution is -2.41. The normalized spacial score (nSPS) is 15.7. The summed E-state index contributed by atoms with van der Waals surface area (Å²) in [6.07, 6.45) is 0. The Hall–Kier alpha value is -4.84. The van der Waals surface area contributed by atoms with E-state index in [0.717, 1.165) is 49.5 Å². The highest BCUT2D eigenvalue weighted by molar-refractivity contribution is 6.62. The summed E-state index contributed by atoms with van der Waals surface area (Å²) >= 11 is 0. The molecule has 0 radical (unpaired) electrons. The number of para-hydroxylation sites is 1. The van der Waals surface area contributed by atoms with Gasteiger partial charge in [-0.25, -0.2) is 9.97 Å². The van der Waals surface area contributed by atoms with Gasteiger partial charge in [-0.3, -0.25) is 0 Å². The number of aromatic nitrogens is 2. The first kappa shape index (κ1) is 27.7. The van der Waals surface area contributed by atoms with E-state index in [1.165, 1.54) is 16.3 Å². The third kappa shape index (κ3) is 4.80. The summed E-state index contributed by atoms with van der Waals surface area (Å²) in [5.41, 5.74) is 6.55. The highest BCUT2D eigenvalue weighted by Gasteiger charge is 2.51. The zero-order valence-electron chi connectivity index (χ0n) is 25.9. The quantitative estimate of drug-likeness (QED) is 0.153. The monoisotopic (exact) mass is 584 g/mol. The molecule has 0 saturated carbocycles. The summed E-state index contributed by atoms with van der Waals surface area (Å²) in [6.45, 7) is 8.35. The summed E-state index contributed by atoms with van der Waals surface area (Å²) in [6, 6.07) is 44.7.